The average molecular weight is 409 g/mol. The number of aromatic nitrogens is 1. The maximum Gasteiger partial charge on any atom is 0.316 e. The molecule has 2 aromatic carbocycles. The predicted molar refractivity (Wildman–Crippen MR) is 92.6 cm³/mol. The first-order valence-corrected chi connectivity index (χ1v) is 7.46. The summed E-state index contributed by atoms with van der Waals surface area (Å²) in [4.78, 5) is 4.25. The van der Waals surface area contributed by atoms with Crippen molar-refractivity contribution in [2.24, 2.45) is 5.10 Å². The summed E-state index contributed by atoms with van der Waals surface area (Å²) in [5, 5.41) is 13.9. The topological polar surface area (TPSA) is 79.9 Å². The fourth-order valence-electron chi connectivity index (χ4n) is 1.91. The molecule has 1 heterocycles. The Morgan fingerprint density at radius 2 is 2.18 bits per heavy atom. The number of rotatable bonds is 4. The lowest BCUT2D eigenvalue weighted by molar-refractivity contribution is 0.371. The van der Waals surface area contributed by atoms with E-state index in [2.05, 4.69) is 15.5 Å². The van der Waals surface area contributed by atoms with E-state index in [1.807, 2.05) is 46.9 Å². The molecule has 3 rings (SSSR count). The van der Waals surface area contributed by atoms with Gasteiger partial charge in [0.2, 0.25) is 0 Å². The van der Waals surface area contributed by atoms with Gasteiger partial charge in [-0.25, -0.2) is 5.43 Å². The molecule has 0 amide bonds. The molecule has 0 aliphatic rings. The van der Waals surface area contributed by atoms with E-state index >= 15 is 0 Å². The quantitative estimate of drug-likeness (QED) is 0.391. The SMILES string of the molecule is COc1cc(/C=N/Nc2nc3ccccc3o2)cc(I)c1O. The normalized spacial score (nSPS) is 11.2. The van der Waals surface area contributed by atoms with Gasteiger partial charge in [-0.1, -0.05) is 12.1 Å². The highest BCUT2D eigenvalue weighted by atomic mass is 127. The largest absolute Gasteiger partial charge is 0.504 e. The molecule has 0 spiro atoms. The maximum absolute atomic E-state index is 9.79. The molecule has 0 atom stereocenters. The van der Waals surface area contributed by atoms with Crippen LogP contribution in [-0.2, 0) is 0 Å². The summed E-state index contributed by atoms with van der Waals surface area (Å²) in [6.45, 7) is 0. The number of aromatic hydroxyl groups is 1. The lowest BCUT2D eigenvalue weighted by Crippen LogP contribution is -1.93. The van der Waals surface area contributed by atoms with E-state index in [1.165, 1.54) is 7.11 Å². The predicted octanol–water partition coefficient (Wildman–Crippen LogP) is 3.59. The molecular formula is C15H12IN3O3. The summed E-state index contributed by atoms with van der Waals surface area (Å²) in [5.74, 6) is 0.516. The average Bonchev–Trinajstić information content (AvgIpc) is 2.93. The molecule has 0 fully saturated rings. The van der Waals surface area contributed by atoms with Crippen molar-refractivity contribution < 1.29 is 14.3 Å². The molecule has 0 saturated heterocycles. The van der Waals surface area contributed by atoms with Gasteiger partial charge in [0.05, 0.1) is 16.9 Å². The Bertz CT molecular complexity index is 812. The van der Waals surface area contributed by atoms with Gasteiger partial charge < -0.3 is 14.3 Å². The summed E-state index contributed by atoms with van der Waals surface area (Å²) in [6, 6.07) is 11.3. The number of fused-ring (bicyclic) bond motifs is 1. The number of phenolic OH excluding ortho intramolecular Hbond substituents is 1. The number of nitrogens with one attached hydrogen (secondary N) is 1. The second-order valence-electron chi connectivity index (χ2n) is 4.41. The molecule has 6 nitrogen and oxygen atoms in total. The number of para-hydroxylation sites is 2. The van der Waals surface area contributed by atoms with Crippen LogP contribution in [0, 0.1) is 3.57 Å². The Kier molecular flexibility index (Phi) is 4.14. The van der Waals surface area contributed by atoms with Crippen molar-refractivity contribution in [1.82, 2.24) is 4.98 Å². The zero-order valence-corrected chi connectivity index (χ0v) is 13.7. The van der Waals surface area contributed by atoms with E-state index in [4.69, 9.17) is 9.15 Å². The van der Waals surface area contributed by atoms with E-state index in [0.717, 1.165) is 11.1 Å². The van der Waals surface area contributed by atoms with Crippen molar-refractivity contribution in [2.75, 3.05) is 12.5 Å². The van der Waals surface area contributed by atoms with Gasteiger partial charge in [0, 0.05) is 0 Å². The van der Waals surface area contributed by atoms with Crippen molar-refractivity contribution >= 4 is 45.9 Å². The Hall–Kier alpha value is -2.29. The summed E-state index contributed by atoms with van der Waals surface area (Å²) in [6.07, 6.45) is 1.60. The molecule has 112 valence electrons. The summed E-state index contributed by atoms with van der Waals surface area (Å²) < 4.78 is 11.3. The number of nitrogens with zero attached hydrogens (tertiary/aromatic N) is 2. The van der Waals surface area contributed by atoms with E-state index in [9.17, 15) is 5.11 Å². The van der Waals surface area contributed by atoms with Crippen molar-refractivity contribution in [2.45, 2.75) is 0 Å². The van der Waals surface area contributed by atoms with Crippen LogP contribution in [0.25, 0.3) is 11.1 Å². The number of hydrogen-bond acceptors (Lipinski definition) is 6. The van der Waals surface area contributed by atoms with Crippen molar-refractivity contribution in [3.8, 4) is 11.5 Å². The van der Waals surface area contributed by atoms with Crippen molar-refractivity contribution in [3.63, 3.8) is 0 Å². The van der Waals surface area contributed by atoms with E-state index in [-0.39, 0.29) is 5.75 Å². The summed E-state index contributed by atoms with van der Waals surface area (Å²) in [5.41, 5.74) is 4.98. The number of anilines is 1. The van der Waals surface area contributed by atoms with Gasteiger partial charge in [0.1, 0.15) is 5.52 Å². The summed E-state index contributed by atoms with van der Waals surface area (Å²) in [7, 11) is 1.50. The molecule has 22 heavy (non-hydrogen) atoms. The van der Waals surface area contributed by atoms with Gasteiger partial charge in [-0.05, 0) is 52.4 Å². The Labute approximate surface area is 139 Å². The van der Waals surface area contributed by atoms with E-state index < -0.39 is 0 Å². The highest BCUT2D eigenvalue weighted by Gasteiger charge is 2.07. The molecule has 0 unspecified atom stereocenters. The number of halogens is 1. The number of methoxy groups -OCH3 is 1. The van der Waals surface area contributed by atoms with Crippen molar-refractivity contribution in [3.05, 3.63) is 45.5 Å². The Morgan fingerprint density at radius 1 is 1.36 bits per heavy atom. The Morgan fingerprint density at radius 3 is 2.95 bits per heavy atom. The molecule has 0 bridgehead atoms. The third kappa shape index (κ3) is 2.98. The zero-order chi connectivity index (χ0) is 15.5. The van der Waals surface area contributed by atoms with E-state index in [1.54, 1.807) is 18.3 Å². The highest BCUT2D eigenvalue weighted by molar-refractivity contribution is 14.1. The minimum absolute atomic E-state index is 0.118. The monoisotopic (exact) mass is 409 g/mol. The molecule has 0 radical (unpaired) electrons. The van der Waals surface area contributed by atoms with Gasteiger partial charge >= 0.3 is 6.01 Å². The van der Waals surface area contributed by atoms with Crippen LogP contribution in [-0.4, -0.2) is 23.4 Å². The van der Waals surface area contributed by atoms with Crippen molar-refractivity contribution in [1.29, 1.82) is 0 Å². The van der Waals surface area contributed by atoms with Crippen LogP contribution in [0.1, 0.15) is 5.56 Å². The lowest BCUT2D eigenvalue weighted by atomic mass is 10.2. The molecular weight excluding hydrogens is 397 g/mol. The minimum atomic E-state index is 0.118. The lowest BCUT2D eigenvalue weighted by Gasteiger charge is -2.06. The Balaban J connectivity index is 1.78. The van der Waals surface area contributed by atoms with Crippen LogP contribution in [0.2, 0.25) is 0 Å². The number of hydrogen-bond donors (Lipinski definition) is 2. The molecule has 3 aromatic rings. The first kappa shape index (κ1) is 14.6. The van der Waals surface area contributed by atoms with Gasteiger partial charge in [-0.3, -0.25) is 0 Å². The van der Waals surface area contributed by atoms with E-state index in [0.29, 0.717) is 20.9 Å². The van der Waals surface area contributed by atoms with Crippen LogP contribution in [0.15, 0.2) is 45.9 Å². The fraction of sp³-hybridized carbons (Fsp3) is 0.0667. The molecule has 7 heteroatoms. The molecule has 1 aromatic heterocycles. The van der Waals surface area contributed by atoms with Gasteiger partial charge in [-0.2, -0.15) is 10.1 Å². The number of hydrazone groups is 1. The maximum atomic E-state index is 9.79. The van der Waals surface area contributed by atoms with Gasteiger partial charge in [0.25, 0.3) is 0 Å². The van der Waals surface area contributed by atoms with Crippen LogP contribution < -0.4 is 10.2 Å². The number of benzene rings is 2. The third-order valence-electron chi connectivity index (χ3n) is 2.94. The van der Waals surface area contributed by atoms with Crippen LogP contribution >= 0.6 is 22.6 Å². The first-order valence-electron chi connectivity index (χ1n) is 6.38. The van der Waals surface area contributed by atoms with Crippen LogP contribution in [0.4, 0.5) is 6.01 Å². The zero-order valence-electron chi connectivity index (χ0n) is 11.6. The minimum Gasteiger partial charge on any atom is -0.504 e. The number of oxazole rings is 1. The first-order chi connectivity index (χ1) is 10.7. The smallest absolute Gasteiger partial charge is 0.316 e. The highest BCUT2D eigenvalue weighted by Crippen LogP contribution is 2.31. The summed E-state index contributed by atoms with van der Waals surface area (Å²) >= 11 is 2.03. The van der Waals surface area contributed by atoms with Gasteiger partial charge in [-0.15, -0.1) is 0 Å². The second-order valence-corrected chi connectivity index (χ2v) is 5.57. The molecule has 0 aliphatic carbocycles. The van der Waals surface area contributed by atoms with Crippen LogP contribution in [0.3, 0.4) is 0 Å². The van der Waals surface area contributed by atoms with Crippen LogP contribution in [0.5, 0.6) is 11.5 Å². The molecule has 2 N–H and O–H groups in total. The fourth-order valence-corrected chi connectivity index (χ4v) is 2.53. The standard InChI is InChI=1S/C15H12IN3O3/c1-21-13-7-9(6-10(16)14(13)20)8-17-19-15-18-11-4-2-3-5-12(11)22-15/h2-8,20H,1H3,(H,18,19)/b17-8+. The number of phenols is 1. The third-order valence-corrected chi connectivity index (χ3v) is 3.76. The van der Waals surface area contributed by atoms with Gasteiger partial charge in [0.15, 0.2) is 17.1 Å². The number of ether oxygens (including phenoxy) is 1. The molecule has 0 saturated carbocycles. The second kappa shape index (κ2) is 6.22. The molecule has 0 aliphatic heterocycles.